The van der Waals surface area contributed by atoms with E-state index in [4.69, 9.17) is 9.47 Å². The predicted octanol–water partition coefficient (Wildman–Crippen LogP) is 7.06. The number of ether oxygens (including phenoxy) is 2. The van der Waals surface area contributed by atoms with E-state index in [1.54, 1.807) is 6.08 Å². The average Bonchev–Trinajstić information content (AvgIpc) is 3.50. The Morgan fingerprint density at radius 1 is 1.02 bits per heavy atom. The van der Waals surface area contributed by atoms with Gasteiger partial charge in [0.1, 0.15) is 11.5 Å². The first-order chi connectivity index (χ1) is 19.5. The van der Waals surface area contributed by atoms with Crippen LogP contribution in [0.4, 0.5) is 5.13 Å². The lowest BCUT2D eigenvalue weighted by Crippen LogP contribution is -2.30. The molecule has 0 spiro atoms. The van der Waals surface area contributed by atoms with Crippen molar-refractivity contribution in [1.29, 1.82) is 0 Å². The Hall–Kier alpha value is -4.43. The van der Waals surface area contributed by atoms with Crippen LogP contribution in [0, 0.1) is 0 Å². The van der Waals surface area contributed by atoms with E-state index in [1.807, 2.05) is 79.7 Å². The summed E-state index contributed by atoms with van der Waals surface area (Å²) in [5.74, 6) is -0.304. The number of carbonyl (C=O) groups is 2. The van der Waals surface area contributed by atoms with Crippen molar-refractivity contribution in [1.82, 2.24) is 4.98 Å². The minimum absolute atomic E-state index is 0.00564. The largest absolute Gasteiger partial charge is 0.503 e. The highest BCUT2D eigenvalue weighted by Gasteiger charge is 2.45. The van der Waals surface area contributed by atoms with Crippen LogP contribution in [-0.4, -0.2) is 35.0 Å². The number of ketones is 1. The quantitative estimate of drug-likeness (QED) is 0.158. The fourth-order valence-corrected chi connectivity index (χ4v) is 5.55. The first-order valence-electron chi connectivity index (χ1n) is 13.3. The summed E-state index contributed by atoms with van der Waals surface area (Å²) in [7, 11) is 0. The summed E-state index contributed by atoms with van der Waals surface area (Å²) in [6, 6.07) is 21.3. The van der Waals surface area contributed by atoms with E-state index in [0.29, 0.717) is 40.9 Å². The number of carbonyl (C=O) groups excluding carboxylic acids is 2. The van der Waals surface area contributed by atoms with E-state index in [0.717, 1.165) is 23.1 Å². The Bertz CT molecular complexity index is 1570. The van der Waals surface area contributed by atoms with Gasteiger partial charge in [-0.15, -0.1) is 0 Å². The maximum absolute atomic E-state index is 13.5. The molecule has 1 N–H and O–H groups in total. The van der Waals surface area contributed by atoms with Gasteiger partial charge >= 0.3 is 0 Å². The Kier molecular flexibility index (Phi) is 8.26. The molecule has 1 aliphatic heterocycles. The molecular weight excluding hydrogens is 524 g/mol. The second-order valence-corrected chi connectivity index (χ2v) is 10.3. The molecule has 0 radical (unpaired) electrons. The van der Waals surface area contributed by atoms with Crippen molar-refractivity contribution in [2.75, 3.05) is 18.1 Å². The minimum atomic E-state index is -0.864. The zero-order valence-electron chi connectivity index (χ0n) is 22.4. The number of nitrogens with zero attached hydrogens (tertiary/aromatic N) is 2. The van der Waals surface area contributed by atoms with E-state index in [9.17, 15) is 14.7 Å². The van der Waals surface area contributed by atoms with Crippen LogP contribution in [0.15, 0.2) is 90.2 Å². The number of fused-ring (bicyclic) bond motifs is 1. The molecule has 8 heteroatoms. The van der Waals surface area contributed by atoms with Crippen LogP contribution in [0.1, 0.15) is 43.9 Å². The summed E-state index contributed by atoms with van der Waals surface area (Å²) < 4.78 is 12.3. The van der Waals surface area contributed by atoms with Gasteiger partial charge in [-0.25, -0.2) is 4.98 Å². The van der Waals surface area contributed by atoms with E-state index in [1.165, 1.54) is 22.3 Å². The van der Waals surface area contributed by atoms with E-state index in [-0.39, 0.29) is 5.57 Å². The van der Waals surface area contributed by atoms with Crippen molar-refractivity contribution in [2.45, 2.75) is 32.7 Å². The lowest BCUT2D eigenvalue weighted by atomic mass is 9.95. The number of aromatic nitrogens is 1. The molecular formula is C32H30N2O5S. The van der Waals surface area contributed by atoms with Gasteiger partial charge in [-0.05, 0) is 60.9 Å². The zero-order chi connectivity index (χ0) is 28.1. The number of unbranched alkanes of at least 4 members (excludes halogenated alkanes) is 1. The third kappa shape index (κ3) is 5.62. The molecule has 5 rings (SSSR count). The smallest absolute Gasteiger partial charge is 0.296 e. The van der Waals surface area contributed by atoms with Gasteiger partial charge < -0.3 is 14.6 Å². The Labute approximate surface area is 237 Å². The molecule has 1 amide bonds. The number of benzene rings is 3. The molecule has 40 heavy (non-hydrogen) atoms. The molecule has 0 saturated heterocycles. The van der Waals surface area contributed by atoms with Gasteiger partial charge in [0.15, 0.2) is 16.7 Å². The topological polar surface area (TPSA) is 89.0 Å². The normalized spacial score (nSPS) is 15.4. The highest BCUT2D eigenvalue weighted by molar-refractivity contribution is 7.22. The predicted molar refractivity (Wildman–Crippen MR) is 158 cm³/mol. The maximum Gasteiger partial charge on any atom is 0.296 e. The molecule has 0 bridgehead atoms. The van der Waals surface area contributed by atoms with Gasteiger partial charge in [-0.1, -0.05) is 73.2 Å². The lowest BCUT2D eigenvalue weighted by Gasteiger charge is -2.24. The highest BCUT2D eigenvalue weighted by atomic mass is 32.1. The summed E-state index contributed by atoms with van der Waals surface area (Å²) in [6.45, 7) is 5.15. The summed E-state index contributed by atoms with van der Waals surface area (Å²) >= 11 is 1.30. The second kappa shape index (κ2) is 12.2. The van der Waals surface area contributed by atoms with Crippen molar-refractivity contribution >= 4 is 44.5 Å². The lowest BCUT2D eigenvalue weighted by molar-refractivity contribution is -0.117. The molecule has 7 nitrogen and oxygen atoms in total. The van der Waals surface area contributed by atoms with E-state index in [2.05, 4.69) is 11.9 Å². The van der Waals surface area contributed by atoms with E-state index >= 15 is 0 Å². The van der Waals surface area contributed by atoms with Crippen LogP contribution in [0.25, 0.3) is 16.3 Å². The molecule has 0 fully saturated rings. The summed E-state index contributed by atoms with van der Waals surface area (Å²) in [5, 5.41) is 11.4. The SMILES string of the molecule is CCCCOc1ccc(C2C(C(=O)C=Cc3ccccc3)=C(O)C(=O)N2c2nc3ccc(OCC)cc3s2)cc1. The monoisotopic (exact) mass is 554 g/mol. The van der Waals surface area contributed by atoms with Crippen LogP contribution < -0.4 is 14.4 Å². The standard InChI is InChI=1S/C32H30N2O5S/c1-3-5-19-39-23-14-12-22(13-15-23)29-28(26(35)18-11-21-9-7-6-8-10-21)30(36)31(37)34(29)32-33-25-17-16-24(38-4-2)20-27(25)40-32/h6-18,20,29,36H,3-5,19H2,1-2H3. The molecule has 0 saturated carbocycles. The van der Waals surface area contributed by atoms with E-state index < -0.39 is 23.5 Å². The molecule has 4 aromatic rings. The number of anilines is 1. The number of amides is 1. The number of aliphatic hydroxyl groups is 1. The average molecular weight is 555 g/mol. The Morgan fingerprint density at radius 2 is 1.77 bits per heavy atom. The Morgan fingerprint density at radius 3 is 2.50 bits per heavy atom. The highest BCUT2D eigenvalue weighted by Crippen LogP contribution is 2.44. The fourth-order valence-electron chi connectivity index (χ4n) is 4.53. The molecule has 3 aromatic carbocycles. The molecule has 1 unspecified atom stereocenters. The van der Waals surface area contributed by atoms with Crippen LogP contribution >= 0.6 is 11.3 Å². The van der Waals surface area contributed by atoms with Crippen molar-refractivity contribution < 1.29 is 24.2 Å². The third-order valence-electron chi connectivity index (χ3n) is 6.53. The molecule has 1 atom stereocenters. The molecule has 0 aliphatic carbocycles. The number of aliphatic hydroxyl groups excluding tert-OH is 1. The second-order valence-electron chi connectivity index (χ2n) is 9.28. The van der Waals surface area contributed by atoms with Gasteiger partial charge in [-0.2, -0.15) is 0 Å². The first kappa shape index (κ1) is 27.1. The first-order valence-corrected chi connectivity index (χ1v) is 14.1. The van der Waals surface area contributed by atoms with Crippen molar-refractivity contribution in [2.24, 2.45) is 0 Å². The van der Waals surface area contributed by atoms with Crippen molar-refractivity contribution in [3.63, 3.8) is 0 Å². The number of thiazole rings is 1. The van der Waals surface area contributed by atoms with Gasteiger partial charge in [0.2, 0.25) is 0 Å². The van der Waals surface area contributed by atoms with Crippen LogP contribution in [0.2, 0.25) is 0 Å². The third-order valence-corrected chi connectivity index (χ3v) is 7.55. The number of allylic oxidation sites excluding steroid dienone is 1. The summed E-state index contributed by atoms with van der Waals surface area (Å²) in [6.07, 6.45) is 5.03. The minimum Gasteiger partial charge on any atom is -0.503 e. The van der Waals surface area contributed by atoms with Gasteiger partial charge in [0, 0.05) is 0 Å². The van der Waals surface area contributed by atoms with Crippen LogP contribution in [0.5, 0.6) is 11.5 Å². The number of hydrogen-bond acceptors (Lipinski definition) is 7. The van der Waals surface area contributed by atoms with Crippen LogP contribution in [-0.2, 0) is 9.59 Å². The molecule has 204 valence electrons. The summed E-state index contributed by atoms with van der Waals surface area (Å²) in [4.78, 5) is 33.1. The molecule has 1 aliphatic rings. The van der Waals surface area contributed by atoms with Crippen molar-refractivity contribution in [3.8, 4) is 11.5 Å². The number of rotatable bonds is 11. The van der Waals surface area contributed by atoms with Crippen molar-refractivity contribution in [3.05, 3.63) is 101 Å². The van der Waals surface area contributed by atoms with Gasteiger partial charge in [0.25, 0.3) is 5.91 Å². The van der Waals surface area contributed by atoms with Gasteiger partial charge in [-0.3, -0.25) is 14.5 Å². The number of hydrogen-bond donors (Lipinski definition) is 1. The molecule has 2 heterocycles. The molecule has 1 aromatic heterocycles. The Balaban J connectivity index is 1.54. The maximum atomic E-state index is 13.5. The fraction of sp³-hybridized carbons (Fsp3) is 0.219. The summed E-state index contributed by atoms with van der Waals surface area (Å²) in [5.41, 5.74) is 2.19. The van der Waals surface area contributed by atoms with Crippen LogP contribution in [0.3, 0.4) is 0 Å². The van der Waals surface area contributed by atoms with Gasteiger partial charge in [0.05, 0.1) is 35.0 Å². The zero-order valence-corrected chi connectivity index (χ0v) is 23.2.